The fraction of sp³-hybridized carbons (Fsp3) is 0.167. The minimum Gasteiger partial charge on any atom is -0.486 e. The minimum absolute atomic E-state index is 0.187. The summed E-state index contributed by atoms with van der Waals surface area (Å²) in [4.78, 5) is 40.7. The second-order valence-electron chi connectivity index (χ2n) is 7.55. The van der Waals surface area contributed by atoms with Crippen molar-refractivity contribution in [3.05, 3.63) is 80.9 Å². The van der Waals surface area contributed by atoms with Crippen LogP contribution in [0.1, 0.15) is 15.4 Å². The number of carbonyl (C=O) groups excluding carboxylic acids is 1. The van der Waals surface area contributed by atoms with Gasteiger partial charge in [0, 0.05) is 22.0 Å². The Hall–Kier alpha value is -4.18. The summed E-state index contributed by atoms with van der Waals surface area (Å²) in [5, 5.41) is 15.9. The summed E-state index contributed by atoms with van der Waals surface area (Å²) >= 11 is 1.50. The Bertz CT molecular complexity index is 1450. The number of benzene rings is 2. The molecule has 0 saturated carbocycles. The number of rotatable bonds is 6. The maximum Gasteiger partial charge on any atom is 0.357 e. The van der Waals surface area contributed by atoms with Crippen molar-refractivity contribution in [2.75, 3.05) is 18.1 Å². The standard InChI is InChI=1S/C24H19N3O6S/c28-21(14-27-23(29)18-6-2-1-5-17(18)22(25-27)24(30)31)26(13-16-4-3-11-34-16)15-7-8-19-20(12-15)33-10-9-32-19/h1-8,11-12H,9-10,13-14H2,(H,30,31). The predicted molar refractivity (Wildman–Crippen MR) is 126 cm³/mol. The molecule has 0 saturated heterocycles. The second kappa shape index (κ2) is 8.99. The van der Waals surface area contributed by atoms with Gasteiger partial charge in [0.25, 0.3) is 5.56 Å². The van der Waals surface area contributed by atoms with Gasteiger partial charge >= 0.3 is 5.97 Å². The molecule has 5 rings (SSSR count). The molecule has 1 aliphatic rings. The summed E-state index contributed by atoms with van der Waals surface area (Å²) < 4.78 is 12.1. The van der Waals surface area contributed by atoms with Crippen molar-refractivity contribution in [1.82, 2.24) is 9.78 Å². The number of ether oxygens (including phenoxy) is 2. The highest BCUT2D eigenvalue weighted by Crippen LogP contribution is 2.34. The molecule has 0 atom stereocenters. The van der Waals surface area contributed by atoms with Crippen LogP contribution >= 0.6 is 11.3 Å². The quantitative estimate of drug-likeness (QED) is 0.454. The molecule has 172 valence electrons. The normalized spacial score (nSPS) is 12.5. The van der Waals surface area contributed by atoms with E-state index in [9.17, 15) is 19.5 Å². The molecular formula is C24H19N3O6S. The van der Waals surface area contributed by atoms with E-state index in [2.05, 4.69) is 5.10 Å². The lowest BCUT2D eigenvalue weighted by atomic mass is 10.1. The predicted octanol–water partition coefficient (Wildman–Crippen LogP) is 3.16. The Morgan fingerprint density at radius 1 is 1.03 bits per heavy atom. The number of hydrogen-bond donors (Lipinski definition) is 1. The Morgan fingerprint density at radius 3 is 2.53 bits per heavy atom. The monoisotopic (exact) mass is 477 g/mol. The number of nitrogens with zero attached hydrogens (tertiary/aromatic N) is 3. The van der Waals surface area contributed by atoms with E-state index in [1.165, 1.54) is 28.4 Å². The minimum atomic E-state index is -1.28. The number of carbonyl (C=O) groups is 2. The lowest BCUT2D eigenvalue weighted by molar-refractivity contribution is -0.119. The van der Waals surface area contributed by atoms with E-state index in [1.807, 2.05) is 17.5 Å². The fourth-order valence-corrected chi connectivity index (χ4v) is 4.49. The van der Waals surface area contributed by atoms with Crippen molar-refractivity contribution in [2.45, 2.75) is 13.1 Å². The second-order valence-corrected chi connectivity index (χ2v) is 8.58. The summed E-state index contributed by atoms with van der Waals surface area (Å²) in [5.74, 6) is -0.579. The van der Waals surface area contributed by atoms with Gasteiger partial charge in [-0.3, -0.25) is 9.59 Å². The third-order valence-corrected chi connectivity index (χ3v) is 6.25. The van der Waals surface area contributed by atoms with Crippen LogP contribution in [0.3, 0.4) is 0 Å². The van der Waals surface area contributed by atoms with Gasteiger partial charge < -0.3 is 19.5 Å². The molecule has 0 radical (unpaired) electrons. The van der Waals surface area contributed by atoms with Crippen molar-refractivity contribution < 1.29 is 24.2 Å². The number of aromatic nitrogens is 2. The number of carboxylic acids is 1. The molecule has 10 heteroatoms. The molecule has 3 heterocycles. The highest BCUT2D eigenvalue weighted by atomic mass is 32.1. The van der Waals surface area contributed by atoms with E-state index in [-0.39, 0.29) is 23.0 Å². The van der Waals surface area contributed by atoms with Gasteiger partial charge in [0.15, 0.2) is 17.2 Å². The van der Waals surface area contributed by atoms with Gasteiger partial charge in [0.2, 0.25) is 5.91 Å². The largest absolute Gasteiger partial charge is 0.486 e. The third-order valence-electron chi connectivity index (χ3n) is 5.39. The zero-order chi connectivity index (χ0) is 23.7. The number of anilines is 1. The summed E-state index contributed by atoms with van der Waals surface area (Å²) in [6.07, 6.45) is 0. The molecular weight excluding hydrogens is 458 g/mol. The maximum atomic E-state index is 13.5. The Morgan fingerprint density at radius 2 is 1.79 bits per heavy atom. The SMILES string of the molecule is O=C(O)c1nn(CC(=O)N(Cc2cccs2)c2ccc3c(c2)OCCO3)c(=O)c2ccccc12. The van der Waals surface area contributed by atoms with Gasteiger partial charge in [-0.1, -0.05) is 24.3 Å². The van der Waals surface area contributed by atoms with Crippen molar-refractivity contribution in [3.8, 4) is 11.5 Å². The summed E-state index contributed by atoms with van der Waals surface area (Å²) in [5.41, 5.74) is -0.255. The Kier molecular flexibility index (Phi) is 5.72. The first kappa shape index (κ1) is 21.7. The van der Waals surface area contributed by atoms with Gasteiger partial charge in [-0.15, -0.1) is 11.3 Å². The molecule has 1 aliphatic heterocycles. The van der Waals surface area contributed by atoms with Crippen molar-refractivity contribution in [3.63, 3.8) is 0 Å². The highest BCUT2D eigenvalue weighted by molar-refractivity contribution is 7.09. The number of amides is 1. The molecule has 1 N–H and O–H groups in total. The number of fused-ring (bicyclic) bond motifs is 2. The molecule has 9 nitrogen and oxygen atoms in total. The van der Waals surface area contributed by atoms with E-state index >= 15 is 0 Å². The molecule has 34 heavy (non-hydrogen) atoms. The zero-order valence-corrected chi connectivity index (χ0v) is 18.7. The van der Waals surface area contributed by atoms with Gasteiger partial charge in [-0.2, -0.15) is 5.10 Å². The van der Waals surface area contributed by atoms with E-state index in [0.717, 1.165) is 9.56 Å². The van der Waals surface area contributed by atoms with E-state index in [1.54, 1.807) is 30.3 Å². The van der Waals surface area contributed by atoms with Crippen LogP contribution in [-0.2, 0) is 17.9 Å². The average molecular weight is 477 g/mol. The van der Waals surface area contributed by atoms with E-state index < -0.39 is 24.0 Å². The molecule has 2 aromatic carbocycles. The average Bonchev–Trinajstić information content (AvgIpc) is 3.37. The number of carboxylic acid groups (broad SMARTS) is 1. The molecule has 0 aliphatic carbocycles. The van der Waals surface area contributed by atoms with Crippen molar-refractivity contribution >= 4 is 39.7 Å². The summed E-state index contributed by atoms with van der Waals surface area (Å²) in [7, 11) is 0. The maximum absolute atomic E-state index is 13.5. The molecule has 1 amide bonds. The summed E-state index contributed by atoms with van der Waals surface area (Å²) in [6, 6.07) is 15.3. The van der Waals surface area contributed by atoms with Crippen LogP contribution in [0.2, 0.25) is 0 Å². The molecule has 0 spiro atoms. The van der Waals surface area contributed by atoms with Gasteiger partial charge in [0.05, 0.1) is 11.9 Å². The van der Waals surface area contributed by atoms with Gasteiger partial charge in [-0.25, -0.2) is 9.48 Å². The Labute approximate surface area is 197 Å². The first-order valence-corrected chi connectivity index (χ1v) is 11.3. The van der Waals surface area contributed by atoms with Gasteiger partial charge in [-0.05, 0) is 29.6 Å². The highest BCUT2D eigenvalue weighted by Gasteiger charge is 2.23. The van der Waals surface area contributed by atoms with Crippen LogP contribution in [0, 0.1) is 0 Å². The number of hydrogen-bond acceptors (Lipinski definition) is 7. The first-order chi connectivity index (χ1) is 16.5. The van der Waals surface area contributed by atoms with Crippen LogP contribution < -0.4 is 19.9 Å². The van der Waals surface area contributed by atoms with E-state index in [4.69, 9.17) is 9.47 Å². The van der Waals surface area contributed by atoms with E-state index in [0.29, 0.717) is 30.4 Å². The van der Waals surface area contributed by atoms with Crippen molar-refractivity contribution in [2.24, 2.45) is 0 Å². The lowest BCUT2D eigenvalue weighted by Crippen LogP contribution is -2.37. The number of aromatic carboxylic acids is 1. The van der Waals surface area contributed by atoms with Crippen LogP contribution in [0.15, 0.2) is 64.8 Å². The first-order valence-electron chi connectivity index (χ1n) is 10.5. The molecule has 0 unspecified atom stereocenters. The molecule has 0 fully saturated rings. The third kappa shape index (κ3) is 4.11. The van der Waals surface area contributed by atoms with Crippen LogP contribution in [0.25, 0.3) is 10.8 Å². The fourth-order valence-electron chi connectivity index (χ4n) is 3.80. The molecule has 2 aromatic heterocycles. The number of thiophene rings is 1. The zero-order valence-electron chi connectivity index (χ0n) is 17.8. The Balaban J connectivity index is 1.54. The topological polar surface area (TPSA) is 111 Å². The lowest BCUT2D eigenvalue weighted by Gasteiger charge is -2.25. The van der Waals surface area contributed by atoms with Crippen molar-refractivity contribution in [1.29, 1.82) is 0 Å². The van der Waals surface area contributed by atoms with Crippen LogP contribution in [-0.4, -0.2) is 40.0 Å². The van der Waals surface area contributed by atoms with Crippen LogP contribution in [0.4, 0.5) is 5.69 Å². The smallest absolute Gasteiger partial charge is 0.357 e. The van der Waals surface area contributed by atoms with Gasteiger partial charge in [0.1, 0.15) is 19.8 Å². The molecule has 4 aromatic rings. The summed E-state index contributed by atoms with van der Waals surface area (Å²) in [6.45, 7) is 0.699. The van der Waals surface area contributed by atoms with Crippen LogP contribution in [0.5, 0.6) is 11.5 Å². The molecule has 0 bridgehead atoms.